The molecule has 0 saturated carbocycles. The molecule has 2 rings (SSSR count). The van der Waals surface area contributed by atoms with Crippen molar-refractivity contribution in [3.05, 3.63) is 17.7 Å². The highest BCUT2D eigenvalue weighted by atomic mass is 16.5. The lowest BCUT2D eigenvalue weighted by molar-refractivity contribution is 0.133. The monoisotopic (exact) mass is 267 g/mol. The van der Waals surface area contributed by atoms with Gasteiger partial charge in [0.25, 0.3) is 0 Å². The standard InChI is InChI=1S/C14H21NO4/c1-17-11-7-6-9(13(18-2)14(11)19-3)12(16)10-5-4-8-15-10/h6-7,10,12,15-16H,4-5,8H2,1-3H3. The van der Waals surface area contributed by atoms with Gasteiger partial charge in [-0.25, -0.2) is 0 Å². The molecule has 2 N–H and O–H groups in total. The molecular weight excluding hydrogens is 246 g/mol. The summed E-state index contributed by atoms with van der Waals surface area (Å²) in [6, 6.07) is 3.67. The molecule has 1 aromatic rings. The number of ether oxygens (including phenoxy) is 3. The summed E-state index contributed by atoms with van der Waals surface area (Å²) in [7, 11) is 4.70. The van der Waals surface area contributed by atoms with Gasteiger partial charge in [-0.15, -0.1) is 0 Å². The summed E-state index contributed by atoms with van der Waals surface area (Å²) >= 11 is 0. The molecule has 0 radical (unpaired) electrons. The SMILES string of the molecule is COc1ccc(C(O)C2CCCN2)c(OC)c1OC. The smallest absolute Gasteiger partial charge is 0.203 e. The van der Waals surface area contributed by atoms with Gasteiger partial charge in [0.2, 0.25) is 5.75 Å². The summed E-state index contributed by atoms with van der Waals surface area (Å²) in [5, 5.41) is 13.8. The lowest BCUT2D eigenvalue weighted by atomic mass is 9.99. The van der Waals surface area contributed by atoms with Crippen LogP contribution in [0.2, 0.25) is 0 Å². The summed E-state index contributed by atoms with van der Waals surface area (Å²) in [4.78, 5) is 0. The van der Waals surface area contributed by atoms with Crippen LogP contribution in [0.25, 0.3) is 0 Å². The first-order valence-electron chi connectivity index (χ1n) is 6.43. The van der Waals surface area contributed by atoms with E-state index in [1.165, 1.54) is 0 Å². The molecule has 0 spiro atoms. The highest BCUT2D eigenvalue weighted by molar-refractivity contribution is 5.56. The van der Waals surface area contributed by atoms with E-state index in [1.54, 1.807) is 27.4 Å². The Bertz CT molecular complexity index is 430. The summed E-state index contributed by atoms with van der Waals surface area (Å²) in [5.74, 6) is 1.64. The molecule has 1 aliphatic heterocycles. The van der Waals surface area contributed by atoms with E-state index in [9.17, 15) is 5.11 Å². The maximum absolute atomic E-state index is 10.5. The van der Waals surface area contributed by atoms with Crippen LogP contribution in [0, 0.1) is 0 Å². The third kappa shape index (κ3) is 2.62. The number of rotatable bonds is 5. The van der Waals surface area contributed by atoms with Crippen LogP contribution in [0.5, 0.6) is 17.2 Å². The minimum atomic E-state index is -0.614. The van der Waals surface area contributed by atoms with Crippen molar-refractivity contribution in [2.75, 3.05) is 27.9 Å². The van der Waals surface area contributed by atoms with Gasteiger partial charge < -0.3 is 24.6 Å². The first kappa shape index (κ1) is 14.0. The van der Waals surface area contributed by atoms with Crippen molar-refractivity contribution >= 4 is 0 Å². The van der Waals surface area contributed by atoms with Crippen LogP contribution >= 0.6 is 0 Å². The third-order valence-corrected chi connectivity index (χ3v) is 3.53. The minimum Gasteiger partial charge on any atom is -0.493 e. The number of hydrogen-bond acceptors (Lipinski definition) is 5. The summed E-state index contributed by atoms with van der Waals surface area (Å²) < 4.78 is 16.0. The fourth-order valence-electron chi connectivity index (χ4n) is 2.56. The van der Waals surface area contributed by atoms with Crippen LogP contribution < -0.4 is 19.5 Å². The predicted molar refractivity (Wildman–Crippen MR) is 72.1 cm³/mol. The molecule has 0 amide bonds. The molecule has 1 saturated heterocycles. The molecule has 1 heterocycles. The molecule has 0 aliphatic carbocycles. The molecule has 5 nitrogen and oxygen atoms in total. The van der Waals surface area contributed by atoms with E-state index < -0.39 is 6.10 Å². The van der Waals surface area contributed by atoms with Gasteiger partial charge in [-0.05, 0) is 31.5 Å². The van der Waals surface area contributed by atoms with Gasteiger partial charge in [0.1, 0.15) is 0 Å². The Morgan fingerprint density at radius 2 is 1.89 bits per heavy atom. The van der Waals surface area contributed by atoms with E-state index in [1.807, 2.05) is 6.07 Å². The van der Waals surface area contributed by atoms with Crippen molar-refractivity contribution in [3.63, 3.8) is 0 Å². The van der Waals surface area contributed by atoms with Crippen LogP contribution in [-0.2, 0) is 0 Å². The number of nitrogens with one attached hydrogen (secondary N) is 1. The zero-order chi connectivity index (χ0) is 13.8. The Morgan fingerprint density at radius 1 is 1.16 bits per heavy atom. The Morgan fingerprint density at radius 3 is 2.42 bits per heavy atom. The average Bonchev–Trinajstić information content (AvgIpc) is 2.98. The normalized spacial score (nSPS) is 20.1. The van der Waals surface area contributed by atoms with Crippen molar-refractivity contribution in [2.45, 2.75) is 25.0 Å². The molecule has 2 unspecified atom stereocenters. The highest BCUT2D eigenvalue weighted by Crippen LogP contribution is 2.43. The Balaban J connectivity index is 2.38. The number of aliphatic hydroxyl groups excluding tert-OH is 1. The van der Waals surface area contributed by atoms with E-state index in [0.717, 1.165) is 24.9 Å². The highest BCUT2D eigenvalue weighted by Gasteiger charge is 2.28. The largest absolute Gasteiger partial charge is 0.493 e. The molecular formula is C14H21NO4. The second-order valence-corrected chi connectivity index (χ2v) is 4.57. The number of hydrogen-bond donors (Lipinski definition) is 2. The van der Waals surface area contributed by atoms with Crippen molar-refractivity contribution in [1.82, 2.24) is 5.32 Å². The van der Waals surface area contributed by atoms with Crippen LogP contribution in [-0.4, -0.2) is 39.0 Å². The second kappa shape index (κ2) is 6.12. The lowest BCUT2D eigenvalue weighted by Gasteiger charge is -2.23. The van der Waals surface area contributed by atoms with E-state index in [4.69, 9.17) is 14.2 Å². The average molecular weight is 267 g/mol. The van der Waals surface area contributed by atoms with Crippen LogP contribution in [0.3, 0.4) is 0 Å². The van der Waals surface area contributed by atoms with Crippen LogP contribution in [0.4, 0.5) is 0 Å². The van der Waals surface area contributed by atoms with E-state index in [-0.39, 0.29) is 6.04 Å². The summed E-state index contributed by atoms with van der Waals surface area (Å²) in [5.41, 5.74) is 0.722. The Hall–Kier alpha value is -1.46. The molecule has 1 aromatic carbocycles. The van der Waals surface area contributed by atoms with Gasteiger partial charge in [0.05, 0.1) is 27.4 Å². The Labute approximate surface area is 113 Å². The second-order valence-electron chi connectivity index (χ2n) is 4.57. The molecule has 5 heteroatoms. The topological polar surface area (TPSA) is 60.0 Å². The predicted octanol–water partition coefficient (Wildman–Crippen LogP) is 1.50. The van der Waals surface area contributed by atoms with Crippen molar-refractivity contribution < 1.29 is 19.3 Å². The maximum atomic E-state index is 10.5. The fourth-order valence-corrected chi connectivity index (χ4v) is 2.56. The third-order valence-electron chi connectivity index (χ3n) is 3.53. The van der Waals surface area contributed by atoms with Crippen molar-refractivity contribution in [1.29, 1.82) is 0 Å². The van der Waals surface area contributed by atoms with E-state index in [2.05, 4.69) is 5.32 Å². The number of aliphatic hydroxyl groups is 1. The van der Waals surface area contributed by atoms with Crippen molar-refractivity contribution in [2.24, 2.45) is 0 Å². The van der Waals surface area contributed by atoms with Gasteiger partial charge in [0.15, 0.2) is 11.5 Å². The van der Waals surface area contributed by atoms with Gasteiger partial charge in [-0.3, -0.25) is 0 Å². The summed E-state index contributed by atoms with van der Waals surface area (Å²) in [6.45, 7) is 0.942. The zero-order valence-electron chi connectivity index (χ0n) is 11.6. The van der Waals surface area contributed by atoms with Gasteiger partial charge >= 0.3 is 0 Å². The van der Waals surface area contributed by atoms with E-state index >= 15 is 0 Å². The summed E-state index contributed by atoms with van der Waals surface area (Å²) in [6.07, 6.45) is 1.42. The van der Waals surface area contributed by atoms with Gasteiger partial charge in [-0.1, -0.05) is 0 Å². The zero-order valence-corrected chi connectivity index (χ0v) is 11.6. The fraction of sp³-hybridized carbons (Fsp3) is 0.571. The van der Waals surface area contributed by atoms with Crippen LogP contribution in [0.15, 0.2) is 12.1 Å². The van der Waals surface area contributed by atoms with Gasteiger partial charge in [0, 0.05) is 11.6 Å². The Kier molecular flexibility index (Phi) is 4.50. The first-order valence-corrected chi connectivity index (χ1v) is 6.43. The minimum absolute atomic E-state index is 0.0620. The first-order chi connectivity index (χ1) is 9.22. The van der Waals surface area contributed by atoms with Crippen LogP contribution in [0.1, 0.15) is 24.5 Å². The molecule has 1 aliphatic rings. The molecule has 2 atom stereocenters. The lowest BCUT2D eigenvalue weighted by Crippen LogP contribution is -2.29. The number of benzene rings is 1. The molecule has 19 heavy (non-hydrogen) atoms. The molecule has 0 aromatic heterocycles. The van der Waals surface area contributed by atoms with Gasteiger partial charge in [-0.2, -0.15) is 0 Å². The maximum Gasteiger partial charge on any atom is 0.203 e. The van der Waals surface area contributed by atoms with E-state index in [0.29, 0.717) is 17.2 Å². The molecule has 0 bridgehead atoms. The molecule has 106 valence electrons. The van der Waals surface area contributed by atoms with Crippen molar-refractivity contribution in [3.8, 4) is 17.2 Å². The quantitative estimate of drug-likeness (QED) is 0.846. The number of methoxy groups -OCH3 is 3. The molecule has 1 fully saturated rings.